The van der Waals surface area contributed by atoms with Crippen LogP contribution in [0.25, 0.3) is 0 Å². The molecule has 0 saturated carbocycles. The zero-order valence-corrected chi connectivity index (χ0v) is 9.44. The Hall–Kier alpha value is -0.580. The predicted octanol–water partition coefficient (Wildman–Crippen LogP) is 2.17. The van der Waals surface area contributed by atoms with Crippen LogP contribution in [0.15, 0.2) is 23.1 Å². The zero-order valence-electron chi connectivity index (χ0n) is 8.63. The van der Waals surface area contributed by atoms with Crippen LogP contribution in [0.5, 0.6) is 0 Å². The Balaban J connectivity index is 2.03. The third kappa shape index (κ3) is 2.93. The molecule has 1 fully saturated rings. The maximum atomic E-state index is 12.9. The van der Waals surface area contributed by atoms with Gasteiger partial charge in [0.1, 0.15) is 5.82 Å². The van der Waals surface area contributed by atoms with Gasteiger partial charge in [-0.3, -0.25) is 0 Å². The van der Waals surface area contributed by atoms with Crippen LogP contribution in [0.4, 0.5) is 4.39 Å². The van der Waals surface area contributed by atoms with Gasteiger partial charge in [-0.25, -0.2) is 4.39 Å². The maximum Gasteiger partial charge on any atom is 0.123 e. The summed E-state index contributed by atoms with van der Waals surface area (Å²) in [5.41, 5.74) is 0.979. The monoisotopic (exact) mass is 227 g/mol. The molecule has 2 rings (SSSR count). The van der Waals surface area contributed by atoms with Gasteiger partial charge in [-0.15, -0.1) is 11.8 Å². The summed E-state index contributed by atoms with van der Waals surface area (Å²) in [5.74, 6) is -0.176. The van der Waals surface area contributed by atoms with Crippen LogP contribution in [0.2, 0.25) is 0 Å². The highest BCUT2D eigenvalue weighted by atomic mass is 32.2. The first-order chi connectivity index (χ1) is 7.25. The lowest BCUT2D eigenvalue weighted by atomic mass is 10.2. The van der Waals surface area contributed by atoms with E-state index in [4.69, 9.17) is 4.74 Å². The summed E-state index contributed by atoms with van der Waals surface area (Å²) >= 11 is 1.70. The minimum atomic E-state index is -0.176. The lowest BCUT2D eigenvalue weighted by Crippen LogP contribution is -2.38. The molecule has 2 nitrogen and oxygen atoms in total. The maximum absolute atomic E-state index is 12.9. The molecule has 0 bridgehead atoms. The van der Waals surface area contributed by atoms with Crippen molar-refractivity contribution in [3.8, 4) is 0 Å². The van der Waals surface area contributed by atoms with Gasteiger partial charge in [0.25, 0.3) is 0 Å². The van der Waals surface area contributed by atoms with Gasteiger partial charge in [0.05, 0.1) is 18.6 Å². The highest BCUT2D eigenvalue weighted by Gasteiger charge is 2.15. The molecule has 1 aromatic carbocycles. The van der Waals surface area contributed by atoms with Crippen molar-refractivity contribution in [3.05, 3.63) is 29.6 Å². The molecule has 0 radical (unpaired) electrons. The molecule has 0 aromatic heterocycles. The minimum absolute atomic E-state index is 0.176. The number of ether oxygens (including phenoxy) is 1. The number of rotatable bonds is 2. The minimum Gasteiger partial charge on any atom is -0.378 e. The lowest BCUT2D eigenvalue weighted by molar-refractivity contribution is 0.100. The van der Waals surface area contributed by atoms with Gasteiger partial charge >= 0.3 is 0 Å². The van der Waals surface area contributed by atoms with Crippen LogP contribution in [0.1, 0.15) is 5.56 Å². The van der Waals surface area contributed by atoms with Crippen LogP contribution >= 0.6 is 11.8 Å². The largest absolute Gasteiger partial charge is 0.378 e. The van der Waals surface area contributed by atoms with Crippen LogP contribution in [0.3, 0.4) is 0 Å². The van der Waals surface area contributed by atoms with Crippen molar-refractivity contribution >= 4 is 11.8 Å². The number of benzene rings is 1. The fraction of sp³-hybridized carbons (Fsp3) is 0.455. The van der Waals surface area contributed by atoms with Crippen molar-refractivity contribution in [1.82, 2.24) is 5.32 Å². The van der Waals surface area contributed by atoms with Crippen LogP contribution in [-0.2, 0) is 4.74 Å². The van der Waals surface area contributed by atoms with E-state index in [1.54, 1.807) is 17.8 Å². The van der Waals surface area contributed by atoms with E-state index in [1.165, 1.54) is 6.07 Å². The van der Waals surface area contributed by atoms with Crippen molar-refractivity contribution in [1.29, 1.82) is 0 Å². The molecule has 82 valence electrons. The van der Waals surface area contributed by atoms with Crippen LogP contribution < -0.4 is 5.32 Å². The predicted molar refractivity (Wildman–Crippen MR) is 59.6 cm³/mol. The van der Waals surface area contributed by atoms with E-state index in [2.05, 4.69) is 5.32 Å². The van der Waals surface area contributed by atoms with Crippen molar-refractivity contribution in [2.45, 2.75) is 17.2 Å². The van der Waals surface area contributed by atoms with E-state index in [0.29, 0.717) is 6.61 Å². The third-order valence-corrected chi connectivity index (χ3v) is 3.59. The lowest BCUT2D eigenvalue weighted by Gasteiger charge is -2.23. The first-order valence-corrected chi connectivity index (χ1v) is 5.87. The van der Waals surface area contributed by atoms with Crippen molar-refractivity contribution in [3.63, 3.8) is 0 Å². The van der Waals surface area contributed by atoms with Gasteiger partial charge in [-0.05, 0) is 30.7 Å². The molecule has 1 aliphatic rings. The molecule has 4 heteroatoms. The Morgan fingerprint density at radius 2 is 2.40 bits per heavy atom. The first kappa shape index (κ1) is 10.9. The van der Waals surface area contributed by atoms with Gasteiger partial charge < -0.3 is 10.1 Å². The smallest absolute Gasteiger partial charge is 0.123 e. The van der Waals surface area contributed by atoms with E-state index >= 15 is 0 Å². The van der Waals surface area contributed by atoms with E-state index in [9.17, 15) is 4.39 Å². The number of halogens is 1. The quantitative estimate of drug-likeness (QED) is 0.836. The standard InChI is InChI=1S/C11H14FNOS/c1-8-6-9(12)2-3-10(8)15-11-7-14-5-4-13-11/h2-3,6,11,13H,4-5,7H2,1H3. The number of aryl methyl sites for hydroxylation is 1. The molecule has 1 N–H and O–H groups in total. The average Bonchev–Trinajstić information content (AvgIpc) is 2.24. The van der Waals surface area contributed by atoms with Gasteiger partial charge in [0.2, 0.25) is 0 Å². The number of thioether (sulfide) groups is 1. The fourth-order valence-electron chi connectivity index (χ4n) is 1.52. The number of morpholine rings is 1. The number of hydrogen-bond acceptors (Lipinski definition) is 3. The average molecular weight is 227 g/mol. The van der Waals surface area contributed by atoms with E-state index in [0.717, 1.165) is 23.6 Å². The molecule has 15 heavy (non-hydrogen) atoms. The van der Waals surface area contributed by atoms with Gasteiger partial charge in [0, 0.05) is 11.4 Å². The summed E-state index contributed by atoms with van der Waals surface area (Å²) in [6.45, 7) is 4.30. The molecule has 0 amide bonds. The molecule has 1 aliphatic heterocycles. The Bertz CT molecular complexity index is 339. The van der Waals surface area contributed by atoms with Crippen molar-refractivity contribution in [2.75, 3.05) is 19.8 Å². The first-order valence-electron chi connectivity index (χ1n) is 4.99. The molecule has 0 aliphatic carbocycles. The second-order valence-corrected chi connectivity index (χ2v) is 4.79. The zero-order chi connectivity index (χ0) is 10.7. The third-order valence-electron chi connectivity index (χ3n) is 2.29. The molecule has 0 spiro atoms. The summed E-state index contributed by atoms with van der Waals surface area (Å²) < 4.78 is 18.2. The topological polar surface area (TPSA) is 21.3 Å². The van der Waals surface area contributed by atoms with Crippen LogP contribution in [0, 0.1) is 12.7 Å². The second kappa shape index (κ2) is 4.96. The molecule has 1 heterocycles. The molecule has 1 unspecified atom stereocenters. The Kier molecular flexibility index (Phi) is 3.61. The summed E-state index contributed by atoms with van der Waals surface area (Å²) in [6.07, 6.45) is 0. The van der Waals surface area contributed by atoms with Gasteiger partial charge in [0.15, 0.2) is 0 Å². The molecule has 1 atom stereocenters. The molecular weight excluding hydrogens is 213 g/mol. The van der Waals surface area contributed by atoms with E-state index < -0.39 is 0 Å². The SMILES string of the molecule is Cc1cc(F)ccc1SC1COCCN1. The Morgan fingerprint density at radius 3 is 3.07 bits per heavy atom. The Morgan fingerprint density at radius 1 is 1.53 bits per heavy atom. The van der Waals surface area contributed by atoms with Crippen LogP contribution in [-0.4, -0.2) is 25.1 Å². The van der Waals surface area contributed by atoms with Crippen molar-refractivity contribution < 1.29 is 9.13 Å². The van der Waals surface area contributed by atoms with Gasteiger partial charge in [-0.1, -0.05) is 0 Å². The highest BCUT2D eigenvalue weighted by molar-refractivity contribution is 8.00. The normalized spacial score (nSPS) is 21.6. The summed E-state index contributed by atoms with van der Waals surface area (Å²) in [7, 11) is 0. The second-order valence-electron chi connectivity index (χ2n) is 3.55. The van der Waals surface area contributed by atoms with E-state index in [-0.39, 0.29) is 11.2 Å². The Labute approximate surface area is 93.2 Å². The number of nitrogens with one attached hydrogen (secondary N) is 1. The highest BCUT2D eigenvalue weighted by Crippen LogP contribution is 2.26. The fourth-order valence-corrected chi connectivity index (χ4v) is 2.58. The summed E-state index contributed by atoms with van der Waals surface area (Å²) in [6, 6.07) is 4.89. The molecule has 1 aromatic rings. The molecule has 1 saturated heterocycles. The van der Waals surface area contributed by atoms with E-state index in [1.807, 2.05) is 13.0 Å². The van der Waals surface area contributed by atoms with Crippen molar-refractivity contribution in [2.24, 2.45) is 0 Å². The summed E-state index contributed by atoms with van der Waals surface area (Å²) in [5, 5.41) is 3.63. The summed E-state index contributed by atoms with van der Waals surface area (Å²) in [4.78, 5) is 1.11. The molecular formula is C11H14FNOS. The van der Waals surface area contributed by atoms with Gasteiger partial charge in [-0.2, -0.15) is 0 Å². The number of hydrogen-bond donors (Lipinski definition) is 1.